The zero-order chi connectivity index (χ0) is 18.6. The minimum Gasteiger partial charge on any atom is -0.439 e. The second-order valence-corrected chi connectivity index (χ2v) is 5.35. The maximum absolute atomic E-state index is 13.3. The third kappa shape index (κ3) is 8.53. The molecule has 1 aromatic carbocycles. The Morgan fingerprint density at radius 3 is 2.78 bits per heavy atom. The third-order valence-corrected chi connectivity index (χ3v) is 3.36. The fourth-order valence-corrected chi connectivity index (χ4v) is 2.17. The van der Waals surface area contributed by atoms with E-state index >= 15 is 0 Å². The van der Waals surface area contributed by atoms with Gasteiger partial charge in [0.15, 0.2) is 5.96 Å². The summed E-state index contributed by atoms with van der Waals surface area (Å²) < 4.78 is 24.4. The Hall–Kier alpha value is -1.94. The minimum atomic E-state index is -0.356. The summed E-state index contributed by atoms with van der Waals surface area (Å²) in [6.07, 6.45) is 1.63. The van der Waals surface area contributed by atoms with Crippen molar-refractivity contribution < 1.29 is 13.9 Å². The topological polar surface area (TPSA) is 67.8 Å². The molecule has 0 saturated heterocycles. The highest BCUT2D eigenvalue weighted by molar-refractivity contribution is 14.0. The van der Waals surface area contributed by atoms with Crippen LogP contribution in [0.1, 0.15) is 19.4 Å². The number of hydrogen-bond donors (Lipinski definition) is 2. The lowest BCUT2D eigenvalue weighted by atomic mass is 10.2. The van der Waals surface area contributed by atoms with E-state index in [0.29, 0.717) is 43.9 Å². The molecule has 1 heterocycles. The van der Waals surface area contributed by atoms with E-state index in [-0.39, 0.29) is 29.8 Å². The zero-order valence-corrected chi connectivity index (χ0v) is 17.9. The van der Waals surface area contributed by atoms with E-state index < -0.39 is 0 Å². The van der Waals surface area contributed by atoms with Gasteiger partial charge in [0, 0.05) is 37.5 Å². The van der Waals surface area contributed by atoms with Crippen molar-refractivity contribution in [2.75, 3.05) is 26.3 Å². The van der Waals surface area contributed by atoms with Gasteiger partial charge in [0.2, 0.25) is 5.88 Å². The van der Waals surface area contributed by atoms with Crippen LogP contribution in [-0.4, -0.2) is 37.2 Å². The van der Waals surface area contributed by atoms with E-state index in [0.717, 1.165) is 12.1 Å². The molecule has 0 aliphatic carbocycles. The van der Waals surface area contributed by atoms with Gasteiger partial charge in [-0.2, -0.15) is 0 Å². The van der Waals surface area contributed by atoms with Gasteiger partial charge < -0.3 is 20.1 Å². The van der Waals surface area contributed by atoms with Crippen LogP contribution in [0.2, 0.25) is 0 Å². The predicted octanol–water partition coefficient (Wildman–Crippen LogP) is 3.72. The van der Waals surface area contributed by atoms with Gasteiger partial charge in [0.05, 0.1) is 13.2 Å². The fraction of sp³-hybridized carbons (Fsp3) is 0.368. The minimum absolute atomic E-state index is 0. The number of aromatic nitrogens is 1. The molecule has 0 fully saturated rings. The van der Waals surface area contributed by atoms with Crippen LogP contribution in [0.5, 0.6) is 11.6 Å². The summed E-state index contributed by atoms with van der Waals surface area (Å²) in [5.41, 5.74) is 0.804. The molecule has 0 amide bonds. The van der Waals surface area contributed by atoms with E-state index in [4.69, 9.17) is 9.47 Å². The number of halogens is 2. The Morgan fingerprint density at radius 1 is 1.19 bits per heavy atom. The Balaban J connectivity index is 0.00000364. The van der Waals surface area contributed by atoms with Gasteiger partial charge in [-0.15, -0.1) is 24.0 Å². The van der Waals surface area contributed by atoms with Gasteiger partial charge in [0.25, 0.3) is 0 Å². The smallest absolute Gasteiger partial charge is 0.224 e. The van der Waals surface area contributed by atoms with Gasteiger partial charge in [0.1, 0.15) is 11.6 Å². The summed E-state index contributed by atoms with van der Waals surface area (Å²) in [6, 6.07) is 9.67. The van der Waals surface area contributed by atoms with E-state index in [1.54, 1.807) is 18.3 Å². The fourth-order valence-electron chi connectivity index (χ4n) is 2.17. The first kappa shape index (κ1) is 23.1. The molecule has 2 rings (SSSR count). The Kier molecular flexibility index (Phi) is 11.3. The molecular formula is C19H26FIN4O2. The molecule has 0 aliphatic rings. The van der Waals surface area contributed by atoms with E-state index in [1.165, 1.54) is 12.1 Å². The summed E-state index contributed by atoms with van der Waals surface area (Å²) >= 11 is 0. The molecule has 0 atom stereocenters. The lowest BCUT2D eigenvalue weighted by Crippen LogP contribution is -2.39. The first-order chi connectivity index (χ1) is 12.7. The quantitative estimate of drug-likeness (QED) is 0.244. The molecule has 148 valence electrons. The van der Waals surface area contributed by atoms with Crippen molar-refractivity contribution >= 4 is 29.9 Å². The van der Waals surface area contributed by atoms with Crippen LogP contribution in [0, 0.1) is 5.82 Å². The van der Waals surface area contributed by atoms with E-state index in [9.17, 15) is 4.39 Å². The van der Waals surface area contributed by atoms with Crippen LogP contribution >= 0.6 is 24.0 Å². The molecule has 0 saturated carbocycles. The first-order valence-electron chi connectivity index (χ1n) is 8.70. The van der Waals surface area contributed by atoms with Crippen molar-refractivity contribution in [2.24, 2.45) is 4.99 Å². The Bertz CT molecular complexity index is 716. The molecule has 0 spiro atoms. The summed E-state index contributed by atoms with van der Waals surface area (Å²) in [7, 11) is 0. The van der Waals surface area contributed by atoms with E-state index in [1.807, 2.05) is 26.0 Å². The average Bonchev–Trinajstić information content (AvgIpc) is 2.64. The van der Waals surface area contributed by atoms with Crippen LogP contribution in [0.3, 0.4) is 0 Å². The highest BCUT2D eigenvalue weighted by Crippen LogP contribution is 2.23. The molecular weight excluding hydrogens is 462 g/mol. The summed E-state index contributed by atoms with van der Waals surface area (Å²) in [6.45, 7) is 7.06. The largest absolute Gasteiger partial charge is 0.439 e. The van der Waals surface area contributed by atoms with Crippen molar-refractivity contribution in [2.45, 2.75) is 20.4 Å². The second-order valence-electron chi connectivity index (χ2n) is 5.35. The monoisotopic (exact) mass is 488 g/mol. The Labute approximate surface area is 176 Å². The van der Waals surface area contributed by atoms with Crippen molar-refractivity contribution in [3.05, 3.63) is 54.0 Å². The molecule has 0 unspecified atom stereocenters. The summed E-state index contributed by atoms with van der Waals surface area (Å²) in [4.78, 5) is 8.79. The van der Waals surface area contributed by atoms with Gasteiger partial charge in [-0.1, -0.05) is 12.1 Å². The third-order valence-electron chi connectivity index (χ3n) is 3.36. The highest BCUT2D eigenvalue weighted by Gasteiger charge is 2.07. The van der Waals surface area contributed by atoms with Crippen LogP contribution in [0.4, 0.5) is 4.39 Å². The number of hydrogen-bond acceptors (Lipinski definition) is 4. The van der Waals surface area contributed by atoms with Crippen molar-refractivity contribution in [3.8, 4) is 11.6 Å². The van der Waals surface area contributed by atoms with Gasteiger partial charge >= 0.3 is 0 Å². The van der Waals surface area contributed by atoms with Crippen LogP contribution < -0.4 is 15.4 Å². The number of aliphatic imine (C=N–C) groups is 1. The maximum atomic E-state index is 13.3. The summed E-state index contributed by atoms with van der Waals surface area (Å²) in [5, 5.41) is 6.38. The molecule has 0 radical (unpaired) electrons. The zero-order valence-electron chi connectivity index (χ0n) is 15.6. The number of guanidine groups is 1. The van der Waals surface area contributed by atoms with Crippen LogP contribution in [-0.2, 0) is 11.3 Å². The molecule has 2 N–H and O–H groups in total. The number of ether oxygens (including phenoxy) is 2. The van der Waals surface area contributed by atoms with Crippen LogP contribution in [0.15, 0.2) is 47.6 Å². The van der Waals surface area contributed by atoms with Crippen LogP contribution in [0.25, 0.3) is 0 Å². The summed E-state index contributed by atoms with van der Waals surface area (Å²) in [5.74, 6) is 1.14. The van der Waals surface area contributed by atoms with Crippen molar-refractivity contribution in [1.29, 1.82) is 0 Å². The maximum Gasteiger partial charge on any atom is 0.224 e. The Morgan fingerprint density at radius 2 is 2.04 bits per heavy atom. The molecule has 0 bridgehead atoms. The van der Waals surface area contributed by atoms with E-state index in [2.05, 4.69) is 20.6 Å². The molecule has 8 heteroatoms. The number of benzene rings is 1. The second kappa shape index (κ2) is 13.3. The standard InChI is InChI=1S/C19H25FN4O2.HI/c1-3-21-19(23-11-12-25-4-2)24-14-15-7-6-10-22-18(15)26-17-9-5-8-16(20)13-17;/h5-10,13H,3-4,11-12,14H2,1-2H3,(H2,21,23,24);1H. The number of pyridine rings is 1. The SMILES string of the molecule is CCNC(=NCc1cccnc1Oc1cccc(F)c1)NCCOCC.I. The van der Waals surface area contributed by atoms with Crippen molar-refractivity contribution in [1.82, 2.24) is 15.6 Å². The molecule has 0 aliphatic heterocycles. The number of nitrogens with zero attached hydrogens (tertiary/aromatic N) is 2. The highest BCUT2D eigenvalue weighted by atomic mass is 127. The van der Waals surface area contributed by atoms with Gasteiger partial charge in [-0.25, -0.2) is 14.4 Å². The van der Waals surface area contributed by atoms with Crippen molar-refractivity contribution in [3.63, 3.8) is 0 Å². The van der Waals surface area contributed by atoms with Gasteiger partial charge in [-0.3, -0.25) is 0 Å². The number of nitrogens with one attached hydrogen (secondary N) is 2. The first-order valence-corrected chi connectivity index (χ1v) is 8.70. The average molecular weight is 488 g/mol. The number of rotatable bonds is 9. The molecule has 2 aromatic rings. The lowest BCUT2D eigenvalue weighted by Gasteiger charge is -2.12. The lowest BCUT2D eigenvalue weighted by molar-refractivity contribution is 0.152. The normalized spacial score (nSPS) is 10.9. The molecule has 1 aromatic heterocycles. The molecule has 6 nitrogen and oxygen atoms in total. The predicted molar refractivity (Wildman–Crippen MR) is 115 cm³/mol. The van der Waals surface area contributed by atoms with Gasteiger partial charge in [-0.05, 0) is 32.0 Å². The molecule has 27 heavy (non-hydrogen) atoms.